The van der Waals surface area contributed by atoms with Gasteiger partial charge in [-0.15, -0.1) is 0 Å². The highest BCUT2D eigenvalue weighted by molar-refractivity contribution is 6.03. The zero-order valence-electron chi connectivity index (χ0n) is 15.5. The van der Waals surface area contributed by atoms with Gasteiger partial charge >= 0.3 is 0 Å². The number of hydrogen-bond acceptors (Lipinski definition) is 5. The Morgan fingerprint density at radius 2 is 1.50 bits per heavy atom. The molecule has 148 valence electrons. The Kier molecular flexibility index (Phi) is 4.96. The second-order valence-corrected chi connectivity index (χ2v) is 6.43. The van der Waals surface area contributed by atoms with E-state index in [-0.39, 0.29) is 11.0 Å². The summed E-state index contributed by atoms with van der Waals surface area (Å²) in [7, 11) is 0. The van der Waals surface area contributed by atoms with E-state index >= 15 is 0 Å². The molecule has 0 saturated heterocycles. The number of nitrogens with zero attached hydrogens (tertiary/aromatic N) is 1. The van der Waals surface area contributed by atoms with Crippen molar-refractivity contribution in [2.75, 3.05) is 0 Å². The van der Waals surface area contributed by atoms with Crippen molar-refractivity contribution >= 4 is 22.8 Å². The predicted octanol–water partition coefficient (Wildman–Crippen LogP) is 2.37. The number of fused-ring (bicyclic) bond motifs is 1. The standard InChI is InChI=1S/C22H16N4O4/c27-18-16-7-4-12-23-19(16)24-21(29)17(18)22(30)26-25-20(28)15-10-8-14(9-11-15)13-5-2-1-3-6-13/h1-12H,(H,25,28)(H,26,30)(H2,23,24,27,29). The highest BCUT2D eigenvalue weighted by Crippen LogP contribution is 2.23. The number of benzene rings is 2. The number of carbonyl (C=O) groups excluding carboxylic acids is 2. The lowest BCUT2D eigenvalue weighted by molar-refractivity contribution is 0.0844. The topological polar surface area (TPSA) is 124 Å². The first kappa shape index (κ1) is 18.9. The molecule has 0 unspecified atom stereocenters. The van der Waals surface area contributed by atoms with Crippen LogP contribution in [0.25, 0.3) is 22.2 Å². The summed E-state index contributed by atoms with van der Waals surface area (Å²) in [6, 6.07) is 19.6. The maximum atomic E-state index is 12.4. The fraction of sp³-hybridized carbons (Fsp3) is 0. The van der Waals surface area contributed by atoms with Crippen molar-refractivity contribution in [2.45, 2.75) is 0 Å². The SMILES string of the molecule is O=C(NNC(=O)c1c(O)c2cccnc2[nH]c1=O)c1ccc(-c2ccccc2)cc1. The maximum absolute atomic E-state index is 12.4. The number of aromatic amines is 1. The molecule has 0 bridgehead atoms. The summed E-state index contributed by atoms with van der Waals surface area (Å²) in [4.78, 5) is 43.2. The molecule has 0 spiro atoms. The second-order valence-electron chi connectivity index (χ2n) is 6.43. The minimum absolute atomic E-state index is 0.152. The first-order valence-corrected chi connectivity index (χ1v) is 9.01. The quantitative estimate of drug-likeness (QED) is 0.393. The van der Waals surface area contributed by atoms with E-state index in [1.165, 1.54) is 12.3 Å². The van der Waals surface area contributed by atoms with Crippen LogP contribution in [0.1, 0.15) is 20.7 Å². The van der Waals surface area contributed by atoms with E-state index in [1.807, 2.05) is 30.3 Å². The summed E-state index contributed by atoms with van der Waals surface area (Å²) in [5, 5.41) is 10.5. The summed E-state index contributed by atoms with van der Waals surface area (Å²) >= 11 is 0. The number of carbonyl (C=O) groups is 2. The molecule has 8 heteroatoms. The Bertz CT molecular complexity index is 1300. The van der Waals surface area contributed by atoms with Gasteiger partial charge in [0.2, 0.25) is 0 Å². The van der Waals surface area contributed by atoms with Crippen molar-refractivity contribution in [3.05, 3.63) is 94.4 Å². The molecule has 2 aromatic carbocycles. The van der Waals surface area contributed by atoms with E-state index in [0.29, 0.717) is 5.56 Å². The lowest BCUT2D eigenvalue weighted by atomic mass is 10.0. The van der Waals surface area contributed by atoms with Crippen molar-refractivity contribution in [2.24, 2.45) is 0 Å². The van der Waals surface area contributed by atoms with Crippen molar-refractivity contribution in [3.8, 4) is 16.9 Å². The van der Waals surface area contributed by atoms with Crippen LogP contribution in [0, 0.1) is 0 Å². The molecule has 30 heavy (non-hydrogen) atoms. The van der Waals surface area contributed by atoms with Gasteiger partial charge in [0.15, 0.2) is 0 Å². The molecule has 2 heterocycles. The highest BCUT2D eigenvalue weighted by atomic mass is 16.3. The van der Waals surface area contributed by atoms with Gasteiger partial charge in [-0.1, -0.05) is 42.5 Å². The number of amides is 2. The maximum Gasteiger partial charge on any atom is 0.279 e. The normalized spacial score (nSPS) is 10.5. The van der Waals surface area contributed by atoms with E-state index in [4.69, 9.17) is 0 Å². The van der Waals surface area contributed by atoms with Gasteiger partial charge in [-0.05, 0) is 35.4 Å². The Labute approximate surface area is 170 Å². The predicted molar refractivity (Wildman–Crippen MR) is 111 cm³/mol. The third-order valence-corrected chi connectivity index (χ3v) is 4.53. The van der Waals surface area contributed by atoms with E-state index < -0.39 is 28.7 Å². The minimum atomic E-state index is -0.950. The molecule has 0 aliphatic carbocycles. The number of aromatic nitrogens is 2. The molecule has 0 atom stereocenters. The summed E-state index contributed by atoms with van der Waals surface area (Å²) in [5.41, 5.74) is 5.47. The van der Waals surface area contributed by atoms with E-state index in [9.17, 15) is 19.5 Å². The Balaban J connectivity index is 1.48. The minimum Gasteiger partial charge on any atom is -0.506 e. The average molecular weight is 400 g/mol. The lowest BCUT2D eigenvalue weighted by Gasteiger charge is -2.10. The molecule has 0 aliphatic heterocycles. The zero-order valence-corrected chi connectivity index (χ0v) is 15.5. The number of pyridine rings is 2. The smallest absolute Gasteiger partial charge is 0.279 e. The van der Waals surface area contributed by atoms with Gasteiger partial charge in [0.25, 0.3) is 17.4 Å². The number of hydrazine groups is 1. The third kappa shape index (κ3) is 3.61. The van der Waals surface area contributed by atoms with Crippen molar-refractivity contribution < 1.29 is 14.7 Å². The van der Waals surface area contributed by atoms with Crippen LogP contribution in [0.15, 0.2) is 77.7 Å². The highest BCUT2D eigenvalue weighted by Gasteiger charge is 2.20. The number of rotatable bonds is 3. The molecule has 8 nitrogen and oxygen atoms in total. The molecule has 2 amide bonds. The van der Waals surface area contributed by atoms with Gasteiger partial charge < -0.3 is 10.1 Å². The molecule has 0 fully saturated rings. The molecule has 0 radical (unpaired) electrons. The first-order chi connectivity index (χ1) is 14.5. The lowest BCUT2D eigenvalue weighted by Crippen LogP contribution is -2.43. The van der Waals surface area contributed by atoms with Crippen LogP contribution in [0.2, 0.25) is 0 Å². The Hall–Kier alpha value is -4.46. The summed E-state index contributed by atoms with van der Waals surface area (Å²) in [6.45, 7) is 0. The molecule has 4 N–H and O–H groups in total. The molecule has 0 aliphatic rings. The van der Waals surface area contributed by atoms with E-state index in [2.05, 4.69) is 20.8 Å². The van der Waals surface area contributed by atoms with Crippen LogP contribution in [0.3, 0.4) is 0 Å². The van der Waals surface area contributed by atoms with E-state index in [0.717, 1.165) is 11.1 Å². The molecule has 4 aromatic rings. The number of nitrogens with one attached hydrogen (secondary N) is 3. The van der Waals surface area contributed by atoms with Gasteiger partial charge in [0.1, 0.15) is 17.0 Å². The third-order valence-electron chi connectivity index (χ3n) is 4.53. The molecule has 4 rings (SSSR count). The summed E-state index contributed by atoms with van der Waals surface area (Å²) in [6.07, 6.45) is 1.45. The van der Waals surface area contributed by atoms with Gasteiger partial charge in [0, 0.05) is 11.8 Å². The summed E-state index contributed by atoms with van der Waals surface area (Å²) in [5.74, 6) is -2.03. The molecule has 2 aromatic heterocycles. The van der Waals surface area contributed by atoms with Crippen LogP contribution >= 0.6 is 0 Å². The number of H-pyrrole nitrogens is 1. The molecular formula is C22H16N4O4. The first-order valence-electron chi connectivity index (χ1n) is 9.01. The number of aromatic hydroxyl groups is 1. The van der Waals surface area contributed by atoms with Gasteiger partial charge in [-0.3, -0.25) is 25.2 Å². The van der Waals surface area contributed by atoms with Crippen LogP contribution in [0.5, 0.6) is 5.75 Å². The average Bonchev–Trinajstić information content (AvgIpc) is 2.78. The fourth-order valence-electron chi connectivity index (χ4n) is 3.01. The van der Waals surface area contributed by atoms with Crippen molar-refractivity contribution in [1.29, 1.82) is 0 Å². The van der Waals surface area contributed by atoms with Crippen LogP contribution < -0.4 is 16.4 Å². The van der Waals surface area contributed by atoms with Crippen LogP contribution in [-0.2, 0) is 0 Å². The van der Waals surface area contributed by atoms with Gasteiger partial charge in [-0.25, -0.2) is 4.98 Å². The van der Waals surface area contributed by atoms with E-state index in [1.54, 1.807) is 30.3 Å². The summed E-state index contributed by atoms with van der Waals surface area (Å²) < 4.78 is 0. The van der Waals surface area contributed by atoms with Crippen molar-refractivity contribution in [1.82, 2.24) is 20.8 Å². The van der Waals surface area contributed by atoms with Gasteiger partial charge in [-0.2, -0.15) is 0 Å². The van der Waals surface area contributed by atoms with Gasteiger partial charge in [0.05, 0.1) is 5.39 Å². The van der Waals surface area contributed by atoms with Crippen LogP contribution in [0.4, 0.5) is 0 Å². The molecule has 0 saturated carbocycles. The molecular weight excluding hydrogens is 384 g/mol. The largest absolute Gasteiger partial charge is 0.506 e. The monoisotopic (exact) mass is 400 g/mol. The van der Waals surface area contributed by atoms with Crippen LogP contribution in [-0.4, -0.2) is 26.9 Å². The Morgan fingerprint density at radius 3 is 2.23 bits per heavy atom. The van der Waals surface area contributed by atoms with Crippen molar-refractivity contribution in [3.63, 3.8) is 0 Å². The number of hydrogen-bond donors (Lipinski definition) is 4. The fourth-order valence-corrected chi connectivity index (χ4v) is 3.01. The Morgan fingerprint density at radius 1 is 0.833 bits per heavy atom. The second kappa shape index (κ2) is 7.88. The zero-order chi connectivity index (χ0) is 21.1.